The maximum Gasteiger partial charge on any atom is 0.245 e. The van der Waals surface area contributed by atoms with Crippen LogP contribution in [0.2, 0.25) is 0 Å². The molecular weight excluding hydrogens is 218 g/mol. The highest BCUT2D eigenvalue weighted by atomic mass is 16.7. The maximum atomic E-state index is 6.05. The summed E-state index contributed by atoms with van der Waals surface area (Å²) < 4.78 is 17.4. The van der Waals surface area contributed by atoms with Gasteiger partial charge in [-0.15, -0.1) is 0 Å². The van der Waals surface area contributed by atoms with Crippen LogP contribution in [0, 0.1) is 5.92 Å². The fourth-order valence-electron chi connectivity index (χ4n) is 2.21. The van der Waals surface area contributed by atoms with E-state index in [0.717, 1.165) is 17.9 Å². The monoisotopic (exact) mass is 241 g/mol. The van der Waals surface area contributed by atoms with Gasteiger partial charge < -0.3 is 19.9 Å². The van der Waals surface area contributed by atoms with Crippen molar-refractivity contribution in [2.45, 2.75) is 58.5 Å². The summed E-state index contributed by atoms with van der Waals surface area (Å²) in [6.45, 7) is 10.6. The third-order valence-electron chi connectivity index (χ3n) is 2.92. The molecule has 4 nitrogen and oxygen atoms in total. The van der Waals surface area contributed by atoms with Gasteiger partial charge in [0.15, 0.2) is 5.76 Å². The first kappa shape index (κ1) is 12.7. The molecule has 0 saturated carbocycles. The molecule has 4 heteroatoms. The van der Waals surface area contributed by atoms with E-state index in [-0.39, 0.29) is 17.6 Å². The molecule has 0 aromatic rings. The lowest BCUT2D eigenvalue weighted by Crippen LogP contribution is -2.31. The van der Waals surface area contributed by atoms with Crippen molar-refractivity contribution >= 4 is 0 Å². The molecule has 0 amide bonds. The van der Waals surface area contributed by atoms with E-state index < -0.39 is 5.79 Å². The van der Waals surface area contributed by atoms with Gasteiger partial charge in [0.1, 0.15) is 5.76 Å². The predicted octanol–water partition coefficient (Wildman–Crippen LogP) is 2.14. The summed E-state index contributed by atoms with van der Waals surface area (Å²) in [5.41, 5.74) is 5.92. The fourth-order valence-corrected chi connectivity index (χ4v) is 2.21. The average molecular weight is 241 g/mol. The Kier molecular flexibility index (Phi) is 2.91. The molecule has 0 spiro atoms. The number of hydrogen-bond acceptors (Lipinski definition) is 4. The highest BCUT2D eigenvalue weighted by Gasteiger charge is 2.45. The summed E-state index contributed by atoms with van der Waals surface area (Å²) in [6, 6.07) is -0.0552. The van der Waals surface area contributed by atoms with Crippen LogP contribution in [0.25, 0.3) is 0 Å². The van der Waals surface area contributed by atoms with Crippen LogP contribution in [0.3, 0.4) is 0 Å². The van der Waals surface area contributed by atoms with Crippen molar-refractivity contribution in [3.05, 3.63) is 11.5 Å². The van der Waals surface area contributed by atoms with E-state index in [1.54, 1.807) is 0 Å². The second-order valence-electron chi connectivity index (χ2n) is 6.29. The molecule has 0 bridgehead atoms. The second kappa shape index (κ2) is 3.89. The third kappa shape index (κ3) is 2.75. The minimum atomic E-state index is -0.581. The lowest BCUT2D eigenvalue weighted by atomic mass is 10.1. The highest BCUT2D eigenvalue weighted by molar-refractivity contribution is 5.23. The number of hydrogen-bond donors (Lipinski definition) is 1. The largest absolute Gasteiger partial charge is 0.453 e. The van der Waals surface area contributed by atoms with Crippen molar-refractivity contribution in [1.29, 1.82) is 0 Å². The van der Waals surface area contributed by atoms with Crippen molar-refractivity contribution in [3.8, 4) is 0 Å². The van der Waals surface area contributed by atoms with Crippen molar-refractivity contribution < 1.29 is 14.2 Å². The highest BCUT2D eigenvalue weighted by Crippen LogP contribution is 2.43. The number of nitrogens with two attached hydrogens (primary N) is 1. The molecule has 1 aliphatic carbocycles. The number of ether oxygens (including phenoxy) is 3. The Bertz CT molecular complexity index is 341. The van der Waals surface area contributed by atoms with Gasteiger partial charge in [-0.2, -0.15) is 0 Å². The number of rotatable bonds is 2. The van der Waals surface area contributed by atoms with Crippen LogP contribution in [0.5, 0.6) is 0 Å². The van der Waals surface area contributed by atoms with Crippen molar-refractivity contribution in [3.63, 3.8) is 0 Å². The summed E-state index contributed by atoms with van der Waals surface area (Å²) >= 11 is 0. The maximum absolute atomic E-state index is 6.05. The molecule has 17 heavy (non-hydrogen) atoms. The Morgan fingerprint density at radius 1 is 1.29 bits per heavy atom. The van der Waals surface area contributed by atoms with E-state index in [0.29, 0.717) is 6.61 Å². The first-order valence-corrected chi connectivity index (χ1v) is 6.19. The summed E-state index contributed by atoms with van der Waals surface area (Å²) in [5.74, 6) is 1.35. The average Bonchev–Trinajstić information content (AvgIpc) is 2.58. The van der Waals surface area contributed by atoms with Gasteiger partial charge in [-0.05, 0) is 27.2 Å². The Morgan fingerprint density at radius 3 is 2.47 bits per heavy atom. The molecule has 1 aliphatic heterocycles. The van der Waals surface area contributed by atoms with Gasteiger partial charge in [0.25, 0.3) is 0 Å². The molecule has 2 N–H and O–H groups in total. The van der Waals surface area contributed by atoms with Crippen LogP contribution in [0.15, 0.2) is 11.5 Å². The van der Waals surface area contributed by atoms with Gasteiger partial charge in [0.2, 0.25) is 5.79 Å². The third-order valence-corrected chi connectivity index (χ3v) is 2.92. The molecule has 98 valence electrons. The van der Waals surface area contributed by atoms with Gasteiger partial charge in [0, 0.05) is 19.8 Å². The zero-order valence-corrected chi connectivity index (χ0v) is 11.4. The van der Waals surface area contributed by atoms with E-state index in [2.05, 4.69) is 0 Å². The van der Waals surface area contributed by atoms with Crippen LogP contribution in [-0.2, 0) is 14.2 Å². The smallest absolute Gasteiger partial charge is 0.245 e. The molecule has 0 aromatic carbocycles. The van der Waals surface area contributed by atoms with Crippen molar-refractivity contribution in [1.82, 2.24) is 0 Å². The Balaban J connectivity index is 2.02. The first-order chi connectivity index (χ1) is 7.68. The summed E-state index contributed by atoms with van der Waals surface area (Å²) in [6.07, 6.45) is 0.844. The lowest BCUT2D eigenvalue weighted by molar-refractivity contribution is -0.137. The Labute approximate surface area is 103 Å². The van der Waals surface area contributed by atoms with Gasteiger partial charge in [-0.1, -0.05) is 0 Å². The summed E-state index contributed by atoms with van der Waals surface area (Å²) in [7, 11) is 0. The van der Waals surface area contributed by atoms with Crippen LogP contribution >= 0.6 is 0 Å². The molecule has 0 aromatic heterocycles. The summed E-state index contributed by atoms with van der Waals surface area (Å²) in [5, 5.41) is 0. The molecule has 0 unspecified atom stereocenters. The van der Waals surface area contributed by atoms with Gasteiger partial charge in [-0.25, -0.2) is 0 Å². The fraction of sp³-hybridized carbons (Fsp3) is 0.846. The van der Waals surface area contributed by atoms with Crippen molar-refractivity contribution in [2.24, 2.45) is 11.7 Å². The van der Waals surface area contributed by atoms with E-state index in [1.807, 2.05) is 34.6 Å². The standard InChI is InChI=1S/C13H23NO3/c1-12(2,3)15-7-8-6-9(14)11-10(8)16-13(4,5)17-11/h8-9H,6-7,14H2,1-5H3/t8-,9-/m1/s1. The molecule has 1 heterocycles. The van der Waals surface area contributed by atoms with E-state index in [9.17, 15) is 0 Å². The Morgan fingerprint density at radius 2 is 1.88 bits per heavy atom. The molecular formula is C13H23NO3. The first-order valence-electron chi connectivity index (χ1n) is 6.19. The van der Waals surface area contributed by atoms with Gasteiger partial charge in [0.05, 0.1) is 18.2 Å². The van der Waals surface area contributed by atoms with Crippen LogP contribution in [-0.4, -0.2) is 24.0 Å². The predicted molar refractivity (Wildman–Crippen MR) is 65.1 cm³/mol. The molecule has 2 atom stereocenters. The summed E-state index contributed by atoms with van der Waals surface area (Å²) in [4.78, 5) is 0. The van der Waals surface area contributed by atoms with Gasteiger partial charge in [-0.3, -0.25) is 0 Å². The molecule has 2 aliphatic rings. The second-order valence-corrected chi connectivity index (χ2v) is 6.29. The van der Waals surface area contributed by atoms with E-state index in [4.69, 9.17) is 19.9 Å². The Hall–Kier alpha value is -0.740. The lowest BCUT2D eigenvalue weighted by Gasteiger charge is -2.26. The minimum absolute atomic E-state index is 0.0552. The molecule has 2 rings (SSSR count). The van der Waals surface area contributed by atoms with E-state index in [1.165, 1.54) is 0 Å². The van der Waals surface area contributed by atoms with Crippen LogP contribution in [0.1, 0.15) is 41.0 Å². The zero-order chi connectivity index (χ0) is 12.8. The van der Waals surface area contributed by atoms with Crippen LogP contribution < -0.4 is 5.73 Å². The normalized spacial score (nSPS) is 31.2. The van der Waals surface area contributed by atoms with Gasteiger partial charge >= 0.3 is 0 Å². The zero-order valence-electron chi connectivity index (χ0n) is 11.4. The molecule has 0 fully saturated rings. The quantitative estimate of drug-likeness (QED) is 0.804. The van der Waals surface area contributed by atoms with Crippen molar-refractivity contribution in [2.75, 3.05) is 6.61 Å². The topological polar surface area (TPSA) is 53.7 Å². The van der Waals surface area contributed by atoms with E-state index >= 15 is 0 Å². The molecule has 0 radical (unpaired) electrons. The minimum Gasteiger partial charge on any atom is -0.453 e. The SMILES string of the molecule is CC(C)(C)OC[C@H]1C[C@@H](N)C2=C1OC(C)(C)O2. The van der Waals surface area contributed by atoms with Crippen LogP contribution in [0.4, 0.5) is 0 Å². The molecule has 0 saturated heterocycles.